The summed E-state index contributed by atoms with van der Waals surface area (Å²) in [4.78, 5) is 46.6. The van der Waals surface area contributed by atoms with Crippen LogP contribution in [0.1, 0.15) is 50.5 Å². The highest BCUT2D eigenvalue weighted by molar-refractivity contribution is 7.98. The molecule has 2 heterocycles. The largest absolute Gasteiger partial charge is 0.494 e. The van der Waals surface area contributed by atoms with Crippen molar-refractivity contribution in [2.75, 3.05) is 32.2 Å². The van der Waals surface area contributed by atoms with E-state index in [1.807, 2.05) is 50.4 Å². The van der Waals surface area contributed by atoms with Crippen LogP contribution in [0.4, 0.5) is 4.39 Å². The quantitative estimate of drug-likeness (QED) is 0.389. The summed E-state index contributed by atoms with van der Waals surface area (Å²) >= 11 is 1.60. The maximum Gasteiger partial charge on any atom is 0.243 e. The van der Waals surface area contributed by atoms with Crippen molar-refractivity contribution in [1.29, 1.82) is 0 Å². The van der Waals surface area contributed by atoms with Gasteiger partial charge in [0.15, 0.2) is 23.2 Å². The summed E-state index contributed by atoms with van der Waals surface area (Å²) in [6.07, 6.45) is 2.99. The van der Waals surface area contributed by atoms with E-state index in [0.29, 0.717) is 55.4 Å². The van der Waals surface area contributed by atoms with Gasteiger partial charge in [-0.05, 0) is 48.5 Å². The lowest BCUT2D eigenvalue weighted by Crippen LogP contribution is -2.49. The van der Waals surface area contributed by atoms with Crippen LogP contribution in [-0.4, -0.2) is 75.6 Å². The third-order valence-corrected chi connectivity index (χ3v) is 8.22. The van der Waals surface area contributed by atoms with Crippen molar-refractivity contribution in [2.24, 2.45) is 5.92 Å². The number of hydrogen-bond acceptors (Lipinski definition) is 7. The first-order valence-electron chi connectivity index (χ1n) is 14.9. The number of rotatable bonds is 8. The Bertz CT molecular complexity index is 1430. The van der Waals surface area contributed by atoms with Gasteiger partial charge in [-0.3, -0.25) is 14.4 Å². The summed E-state index contributed by atoms with van der Waals surface area (Å²) in [5, 5.41) is 10.9. The van der Waals surface area contributed by atoms with Gasteiger partial charge in [-0.15, -0.1) is 0 Å². The van der Waals surface area contributed by atoms with E-state index in [2.05, 4.69) is 10.6 Å². The molecule has 2 atom stereocenters. The minimum Gasteiger partial charge on any atom is -0.494 e. The van der Waals surface area contributed by atoms with E-state index in [-0.39, 0.29) is 42.2 Å². The molecule has 0 unspecified atom stereocenters. The van der Waals surface area contributed by atoms with Crippen LogP contribution in [0.25, 0.3) is 11.4 Å². The zero-order valence-corrected chi connectivity index (χ0v) is 26.5. The van der Waals surface area contributed by atoms with Crippen LogP contribution in [0.3, 0.4) is 0 Å². The van der Waals surface area contributed by atoms with Gasteiger partial charge in [0.1, 0.15) is 6.04 Å². The lowest BCUT2D eigenvalue weighted by atomic mass is 10.0. The van der Waals surface area contributed by atoms with Crippen molar-refractivity contribution in [3.8, 4) is 17.1 Å². The first-order chi connectivity index (χ1) is 21.2. The molecule has 4 rings (SSSR count). The molecule has 2 N–H and O–H groups in total. The van der Waals surface area contributed by atoms with E-state index in [0.717, 1.165) is 5.56 Å². The molecule has 3 amide bonds. The number of halogens is 1. The Labute approximate surface area is 262 Å². The summed E-state index contributed by atoms with van der Waals surface area (Å²) in [5.41, 5.74) is 1.36. The van der Waals surface area contributed by atoms with E-state index in [4.69, 9.17) is 14.8 Å². The highest BCUT2D eigenvalue weighted by atomic mass is 32.2. The van der Waals surface area contributed by atoms with E-state index < -0.39 is 17.9 Å². The second kappa shape index (κ2) is 15.7. The molecule has 1 aliphatic rings. The van der Waals surface area contributed by atoms with Gasteiger partial charge in [-0.25, -0.2) is 14.1 Å². The lowest BCUT2D eigenvalue weighted by molar-refractivity contribution is -0.131. The molecule has 3 aromatic rings. The predicted octanol–water partition coefficient (Wildman–Crippen LogP) is 4.01. The van der Waals surface area contributed by atoms with Crippen LogP contribution in [-0.2, 0) is 27.3 Å². The molecule has 44 heavy (non-hydrogen) atoms. The van der Waals surface area contributed by atoms with Gasteiger partial charge in [0, 0.05) is 25.1 Å². The van der Waals surface area contributed by atoms with Crippen LogP contribution >= 0.6 is 11.8 Å². The van der Waals surface area contributed by atoms with Crippen molar-refractivity contribution in [1.82, 2.24) is 30.3 Å². The van der Waals surface area contributed by atoms with E-state index in [9.17, 15) is 18.8 Å². The number of benzene rings is 2. The number of amides is 3. The number of nitrogens with zero attached hydrogens (tertiary/aromatic N) is 4. The zero-order chi connectivity index (χ0) is 31.6. The van der Waals surface area contributed by atoms with E-state index in [1.54, 1.807) is 27.4 Å². The smallest absolute Gasteiger partial charge is 0.243 e. The fraction of sp³-hybridized carbons (Fsp3) is 0.469. The Hall–Kier alpha value is -3.93. The normalized spacial score (nSPS) is 18.3. The number of hydrogen-bond donors (Lipinski definition) is 2. The second-order valence-electron chi connectivity index (χ2n) is 11.1. The van der Waals surface area contributed by atoms with Gasteiger partial charge >= 0.3 is 0 Å². The summed E-state index contributed by atoms with van der Waals surface area (Å²) in [7, 11) is 1.39. The van der Waals surface area contributed by atoms with E-state index >= 15 is 0 Å². The number of carbonyl (C=O) groups excluding carboxylic acids is 3. The van der Waals surface area contributed by atoms with Crippen molar-refractivity contribution in [3.63, 3.8) is 0 Å². The SMILES string of the molecule is COc1ccc(CC(=O)N2CCCC(=O)N[C@@H](CCSC)C(=O)N[C@H](C(C)C)c3nc(-c4ccccc4)nn3CC2)cc1F. The van der Waals surface area contributed by atoms with E-state index in [1.165, 1.54) is 19.2 Å². The van der Waals surface area contributed by atoms with Crippen LogP contribution in [0, 0.1) is 11.7 Å². The Balaban J connectivity index is 1.68. The van der Waals surface area contributed by atoms with Crippen molar-refractivity contribution in [2.45, 2.75) is 58.2 Å². The number of ether oxygens (including phenoxy) is 1. The Morgan fingerprint density at radius 3 is 2.57 bits per heavy atom. The monoisotopic (exact) mass is 624 g/mol. The average molecular weight is 625 g/mol. The lowest BCUT2D eigenvalue weighted by Gasteiger charge is -2.28. The predicted molar refractivity (Wildman–Crippen MR) is 169 cm³/mol. The maximum absolute atomic E-state index is 14.4. The molecule has 10 nitrogen and oxygen atoms in total. The number of nitrogens with one attached hydrogen (secondary N) is 2. The minimum absolute atomic E-state index is 0.00593. The molecule has 0 fully saturated rings. The molecule has 0 saturated heterocycles. The molecule has 2 aromatic carbocycles. The number of aromatic nitrogens is 3. The maximum atomic E-state index is 14.4. The fourth-order valence-electron chi connectivity index (χ4n) is 5.13. The summed E-state index contributed by atoms with van der Waals surface area (Å²) in [6, 6.07) is 12.9. The molecular weight excluding hydrogens is 583 g/mol. The van der Waals surface area contributed by atoms with Crippen LogP contribution in [0.5, 0.6) is 5.75 Å². The van der Waals surface area contributed by atoms with Gasteiger partial charge in [0.25, 0.3) is 0 Å². The summed E-state index contributed by atoms with van der Waals surface area (Å²) < 4.78 is 21.1. The Morgan fingerprint density at radius 2 is 1.89 bits per heavy atom. The van der Waals surface area contributed by atoms with Crippen LogP contribution in [0.15, 0.2) is 48.5 Å². The molecule has 0 aliphatic carbocycles. The van der Waals surface area contributed by atoms with Crippen molar-refractivity contribution < 1.29 is 23.5 Å². The minimum atomic E-state index is -0.702. The number of carbonyl (C=O) groups is 3. The number of fused-ring (bicyclic) bond motifs is 1. The Kier molecular flexibility index (Phi) is 11.8. The topological polar surface area (TPSA) is 118 Å². The van der Waals surface area contributed by atoms with Gasteiger partial charge < -0.3 is 20.3 Å². The standard InChI is InChI=1S/C32H41FN6O4S/c1-21(2)29-31-36-30(23-9-6-5-7-10-23)37-39(31)17-16-38(28(41)20-22-12-13-26(43-3)24(33)19-22)15-8-11-27(40)34-25(14-18-44-4)32(42)35-29/h5-7,9-10,12-13,19,21,25,29H,8,11,14-18,20H2,1-4H3,(H,34,40)(H,35,42)/t25-,29+/m0/s1. The molecular formula is C32H41FN6O4S. The molecule has 0 bridgehead atoms. The Morgan fingerprint density at radius 1 is 1.11 bits per heavy atom. The molecule has 1 aromatic heterocycles. The third kappa shape index (κ3) is 8.58. The average Bonchev–Trinajstić information content (AvgIpc) is 3.43. The molecule has 1 aliphatic heterocycles. The highest BCUT2D eigenvalue weighted by Crippen LogP contribution is 2.25. The molecule has 12 heteroatoms. The zero-order valence-electron chi connectivity index (χ0n) is 25.7. The van der Waals surface area contributed by atoms with Crippen molar-refractivity contribution in [3.05, 3.63) is 65.7 Å². The second-order valence-corrected chi connectivity index (χ2v) is 12.1. The number of thioether (sulfide) groups is 1. The fourth-order valence-corrected chi connectivity index (χ4v) is 5.60. The highest BCUT2D eigenvalue weighted by Gasteiger charge is 2.30. The molecule has 0 radical (unpaired) electrons. The first kappa shape index (κ1) is 33.0. The first-order valence-corrected chi connectivity index (χ1v) is 16.3. The van der Waals surface area contributed by atoms with Crippen LogP contribution < -0.4 is 15.4 Å². The van der Waals surface area contributed by atoms with Gasteiger partial charge in [0.05, 0.1) is 26.1 Å². The number of methoxy groups -OCH3 is 1. The van der Waals surface area contributed by atoms with Gasteiger partial charge in [-0.2, -0.15) is 16.9 Å². The molecule has 0 saturated carbocycles. The van der Waals surface area contributed by atoms with Crippen molar-refractivity contribution >= 4 is 29.5 Å². The molecule has 236 valence electrons. The third-order valence-electron chi connectivity index (χ3n) is 7.58. The summed E-state index contributed by atoms with van der Waals surface area (Å²) in [5.74, 6) is 0.623. The van der Waals surface area contributed by atoms with Gasteiger partial charge in [-0.1, -0.05) is 50.2 Å². The van der Waals surface area contributed by atoms with Gasteiger partial charge in [0.2, 0.25) is 17.7 Å². The molecule has 0 spiro atoms. The summed E-state index contributed by atoms with van der Waals surface area (Å²) in [6.45, 7) is 4.91. The van der Waals surface area contributed by atoms with Crippen LogP contribution in [0.2, 0.25) is 0 Å².